The number of piperidine rings is 1. The van der Waals surface area contributed by atoms with Crippen molar-refractivity contribution in [1.29, 1.82) is 0 Å². The molecule has 0 radical (unpaired) electrons. The zero-order chi connectivity index (χ0) is 25.4. The molecular weight excluding hydrogens is 448 g/mol. The number of aliphatic hydroxyl groups is 1. The number of hydrogen-bond acceptors (Lipinski definition) is 4. The third-order valence-corrected chi connectivity index (χ3v) is 8.32. The number of ether oxygens (including phenoxy) is 1. The van der Waals surface area contributed by atoms with Crippen molar-refractivity contribution in [2.45, 2.75) is 74.8 Å². The summed E-state index contributed by atoms with van der Waals surface area (Å²) >= 11 is 0. The van der Waals surface area contributed by atoms with Crippen LogP contribution in [0.5, 0.6) is 5.75 Å². The normalized spacial score (nSPS) is 26.1. The second-order valence-corrected chi connectivity index (χ2v) is 10.7. The molecule has 0 aromatic heterocycles. The average molecular weight is 491 g/mol. The molecule has 5 heteroatoms. The molecule has 2 aliphatic rings. The fraction of sp³-hybridized carbons (Fsp3) is 0.516. The first kappa shape index (κ1) is 26.4. The number of aryl methyl sites for hydroxylation is 1. The minimum atomic E-state index is -0.848. The van der Waals surface area contributed by atoms with Crippen LogP contribution in [0.1, 0.15) is 62.5 Å². The molecule has 1 saturated heterocycles. The van der Waals surface area contributed by atoms with Gasteiger partial charge in [0, 0.05) is 31.0 Å². The van der Waals surface area contributed by atoms with Crippen molar-refractivity contribution in [3.63, 3.8) is 0 Å². The summed E-state index contributed by atoms with van der Waals surface area (Å²) in [4.78, 5) is 15.1. The van der Waals surface area contributed by atoms with Crippen LogP contribution < -0.4 is 10.1 Å². The molecule has 194 valence electrons. The Labute approximate surface area is 216 Å². The molecular formula is C31H42N2O3. The number of carbonyl (C=O) groups is 1. The number of nitrogens with one attached hydrogen (secondary N) is 1. The summed E-state index contributed by atoms with van der Waals surface area (Å²) in [6.45, 7) is 6.19. The van der Waals surface area contributed by atoms with E-state index in [1.165, 1.54) is 5.56 Å². The summed E-state index contributed by atoms with van der Waals surface area (Å²) in [6, 6.07) is 18.8. The summed E-state index contributed by atoms with van der Waals surface area (Å²) in [5, 5.41) is 15.4. The lowest BCUT2D eigenvalue weighted by molar-refractivity contribution is -0.132. The van der Waals surface area contributed by atoms with E-state index in [0.717, 1.165) is 69.3 Å². The Morgan fingerprint density at radius 2 is 2.00 bits per heavy atom. The van der Waals surface area contributed by atoms with E-state index in [0.29, 0.717) is 19.4 Å². The Kier molecular flexibility index (Phi) is 8.86. The van der Waals surface area contributed by atoms with Crippen molar-refractivity contribution in [1.82, 2.24) is 10.2 Å². The highest BCUT2D eigenvalue weighted by Crippen LogP contribution is 2.52. The number of methoxy groups -OCH3 is 1. The first-order chi connectivity index (χ1) is 17.5. The molecule has 1 aliphatic heterocycles. The third-order valence-electron chi connectivity index (χ3n) is 8.32. The van der Waals surface area contributed by atoms with Gasteiger partial charge < -0.3 is 15.2 Å². The summed E-state index contributed by atoms with van der Waals surface area (Å²) in [6.07, 6.45) is 9.66. The first-order valence-corrected chi connectivity index (χ1v) is 13.5. The van der Waals surface area contributed by atoms with Crippen LogP contribution >= 0.6 is 0 Å². The zero-order valence-electron chi connectivity index (χ0n) is 21.8. The summed E-state index contributed by atoms with van der Waals surface area (Å²) in [5.41, 5.74) is 1.21. The summed E-state index contributed by atoms with van der Waals surface area (Å²) in [5.74, 6) is 0.939. The molecule has 36 heavy (non-hydrogen) atoms. The molecule has 1 amide bonds. The molecule has 3 unspecified atom stereocenters. The van der Waals surface area contributed by atoms with Gasteiger partial charge in [-0.2, -0.15) is 0 Å². The van der Waals surface area contributed by atoms with Crippen molar-refractivity contribution in [3.8, 4) is 5.75 Å². The lowest BCUT2D eigenvalue weighted by atomic mass is 9.55. The van der Waals surface area contributed by atoms with Gasteiger partial charge >= 0.3 is 0 Å². The number of hydrogen-bond donors (Lipinski definition) is 2. The molecule has 2 aromatic rings. The van der Waals surface area contributed by atoms with Crippen LogP contribution in [-0.2, 0) is 16.6 Å². The molecule has 2 N–H and O–H groups in total. The highest BCUT2D eigenvalue weighted by molar-refractivity contribution is 5.76. The fourth-order valence-corrected chi connectivity index (χ4v) is 6.38. The van der Waals surface area contributed by atoms with Crippen molar-refractivity contribution < 1.29 is 14.6 Å². The third kappa shape index (κ3) is 6.01. The molecule has 3 atom stereocenters. The van der Waals surface area contributed by atoms with Crippen molar-refractivity contribution in [2.75, 3.05) is 26.7 Å². The van der Waals surface area contributed by atoms with Crippen molar-refractivity contribution in [2.24, 2.45) is 0 Å². The van der Waals surface area contributed by atoms with Gasteiger partial charge in [-0.3, -0.25) is 9.69 Å². The number of benzene rings is 2. The predicted octanol–water partition coefficient (Wildman–Crippen LogP) is 5.03. The van der Waals surface area contributed by atoms with Crippen LogP contribution in [0.4, 0.5) is 0 Å². The van der Waals surface area contributed by atoms with Gasteiger partial charge in [0.25, 0.3) is 0 Å². The Bertz CT molecular complexity index is 1010. The Morgan fingerprint density at radius 3 is 2.78 bits per heavy atom. The van der Waals surface area contributed by atoms with Gasteiger partial charge in [-0.25, -0.2) is 0 Å². The maximum Gasteiger partial charge on any atom is 0.220 e. The number of rotatable bonds is 11. The van der Waals surface area contributed by atoms with E-state index in [4.69, 9.17) is 4.74 Å². The second kappa shape index (κ2) is 12.1. The van der Waals surface area contributed by atoms with E-state index in [1.807, 2.05) is 24.3 Å². The van der Waals surface area contributed by atoms with Crippen molar-refractivity contribution >= 4 is 5.91 Å². The first-order valence-electron chi connectivity index (χ1n) is 13.5. The Morgan fingerprint density at radius 1 is 1.17 bits per heavy atom. The van der Waals surface area contributed by atoms with Gasteiger partial charge in [0.2, 0.25) is 5.91 Å². The quantitative estimate of drug-likeness (QED) is 0.343. The molecule has 0 spiro atoms. The number of carbonyl (C=O) groups excluding carboxylic acids is 1. The predicted molar refractivity (Wildman–Crippen MR) is 145 cm³/mol. The van der Waals surface area contributed by atoms with Gasteiger partial charge in [-0.1, -0.05) is 55.0 Å². The SMILES string of the molecule is C=CCN1CCC2(c3cccc(OC)c3)CC(NC(=O)CCCCCc3ccccc3)CCC2(O)C1. The average Bonchev–Trinajstić information content (AvgIpc) is 2.89. The van der Waals surface area contributed by atoms with Crippen LogP contribution in [0.15, 0.2) is 67.3 Å². The van der Waals surface area contributed by atoms with Gasteiger partial charge in [-0.15, -0.1) is 6.58 Å². The molecule has 2 fully saturated rings. The topological polar surface area (TPSA) is 61.8 Å². The fourth-order valence-electron chi connectivity index (χ4n) is 6.38. The van der Waals surface area contributed by atoms with Crippen LogP contribution in [0.25, 0.3) is 0 Å². The molecule has 0 bridgehead atoms. The number of unbranched alkanes of at least 4 members (excludes halogenated alkanes) is 2. The molecule has 2 aromatic carbocycles. The maximum absolute atomic E-state index is 12.8. The van der Waals surface area contributed by atoms with Crippen LogP contribution in [-0.4, -0.2) is 54.3 Å². The van der Waals surface area contributed by atoms with Crippen LogP contribution in [0, 0.1) is 0 Å². The highest BCUT2D eigenvalue weighted by Gasteiger charge is 2.57. The monoisotopic (exact) mass is 490 g/mol. The minimum Gasteiger partial charge on any atom is -0.497 e. The Balaban J connectivity index is 1.38. The van der Waals surface area contributed by atoms with E-state index in [1.54, 1.807) is 7.11 Å². The molecule has 5 nitrogen and oxygen atoms in total. The summed E-state index contributed by atoms with van der Waals surface area (Å²) in [7, 11) is 1.68. The number of fused-ring (bicyclic) bond motifs is 1. The van der Waals surface area contributed by atoms with Gasteiger partial charge in [0.15, 0.2) is 0 Å². The number of β-amino-alcohol motifs (C(OH)–C–C–N with tert-alkyl or cyclic N) is 1. The molecule has 4 rings (SSSR count). The Hall–Kier alpha value is -2.63. The van der Waals surface area contributed by atoms with E-state index in [2.05, 4.69) is 53.2 Å². The smallest absolute Gasteiger partial charge is 0.220 e. The molecule has 1 heterocycles. The number of nitrogens with zero attached hydrogens (tertiary/aromatic N) is 1. The lowest BCUT2D eigenvalue weighted by Crippen LogP contribution is -2.67. The van der Waals surface area contributed by atoms with Crippen LogP contribution in [0.3, 0.4) is 0 Å². The van der Waals surface area contributed by atoms with E-state index in [9.17, 15) is 9.90 Å². The van der Waals surface area contributed by atoms with E-state index >= 15 is 0 Å². The largest absolute Gasteiger partial charge is 0.497 e. The number of likely N-dealkylation sites (tertiary alicyclic amines) is 1. The zero-order valence-corrected chi connectivity index (χ0v) is 21.8. The van der Waals surface area contributed by atoms with Gasteiger partial charge in [0.1, 0.15) is 5.75 Å². The standard InChI is InChI=1S/C31H42N2O3/c1-3-20-33-21-19-30(26-14-10-15-28(22-26)36-2)23-27(17-18-31(30,35)24-33)32-29(34)16-9-5-8-13-25-11-6-4-7-12-25/h3-4,6-7,10-12,14-15,22,27,35H,1,5,8-9,13,16-21,23-24H2,2H3,(H,32,34). The van der Waals surface area contributed by atoms with E-state index < -0.39 is 11.0 Å². The summed E-state index contributed by atoms with van der Waals surface area (Å²) < 4.78 is 5.52. The minimum absolute atomic E-state index is 0.0687. The van der Waals surface area contributed by atoms with Crippen LogP contribution in [0.2, 0.25) is 0 Å². The lowest BCUT2D eigenvalue weighted by Gasteiger charge is -2.58. The van der Waals surface area contributed by atoms with Gasteiger partial charge in [-0.05, 0) is 74.8 Å². The molecule has 1 saturated carbocycles. The second-order valence-electron chi connectivity index (χ2n) is 10.7. The maximum atomic E-state index is 12.8. The van der Waals surface area contributed by atoms with Gasteiger partial charge in [0.05, 0.1) is 12.7 Å². The molecule has 1 aliphatic carbocycles. The number of amides is 1. The van der Waals surface area contributed by atoms with E-state index in [-0.39, 0.29) is 11.9 Å². The highest BCUT2D eigenvalue weighted by atomic mass is 16.5. The van der Waals surface area contributed by atoms with Crippen molar-refractivity contribution in [3.05, 3.63) is 78.4 Å².